The van der Waals surface area contributed by atoms with Gasteiger partial charge in [0.1, 0.15) is 24.2 Å². The molecule has 220 valence electrons. The predicted molar refractivity (Wildman–Crippen MR) is 158 cm³/mol. The van der Waals surface area contributed by atoms with Gasteiger partial charge in [-0.2, -0.15) is 0 Å². The Labute approximate surface area is 246 Å². The van der Waals surface area contributed by atoms with Gasteiger partial charge < -0.3 is 15.0 Å². The summed E-state index contributed by atoms with van der Waals surface area (Å²) in [5.74, 6) is -1.08. The van der Waals surface area contributed by atoms with Gasteiger partial charge in [-0.3, -0.25) is 13.9 Å². The number of carbonyl (C=O) groups is 2. The molecule has 2 atom stereocenters. The number of ether oxygens (including phenoxy) is 1. The number of nitrogens with zero attached hydrogens (tertiary/aromatic N) is 2. The molecule has 0 radical (unpaired) electrons. The third kappa shape index (κ3) is 8.20. The molecule has 2 amide bonds. The van der Waals surface area contributed by atoms with Crippen molar-refractivity contribution < 1.29 is 27.1 Å². The highest BCUT2D eigenvalue weighted by atomic mass is 35.5. The van der Waals surface area contributed by atoms with Crippen LogP contribution in [0.25, 0.3) is 0 Å². The molecule has 0 saturated heterocycles. The van der Waals surface area contributed by atoms with Crippen molar-refractivity contribution in [2.75, 3.05) is 17.5 Å². The molecule has 3 rings (SSSR count). The first-order valence-electron chi connectivity index (χ1n) is 13.3. The molecule has 0 saturated carbocycles. The van der Waals surface area contributed by atoms with Crippen molar-refractivity contribution >= 4 is 39.1 Å². The molecule has 0 bridgehead atoms. The maximum atomic E-state index is 14.0. The van der Waals surface area contributed by atoms with E-state index < -0.39 is 34.3 Å². The first-order valence-corrected chi connectivity index (χ1v) is 15.1. The molecule has 0 spiro atoms. The van der Waals surface area contributed by atoms with Crippen molar-refractivity contribution in [3.8, 4) is 5.75 Å². The second-order valence-electron chi connectivity index (χ2n) is 9.50. The Hall–Kier alpha value is -3.63. The Morgan fingerprint density at radius 3 is 2.20 bits per heavy atom. The number of carbonyl (C=O) groups excluding carboxylic acids is 2. The number of benzene rings is 3. The third-order valence-corrected chi connectivity index (χ3v) is 8.74. The maximum Gasteiger partial charge on any atom is 0.264 e. The van der Waals surface area contributed by atoms with E-state index >= 15 is 0 Å². The zero-order chi connectivity index (χ0) is 30.2. The van der Waals surface area contributed by atoms with E-state index in [9.17, 15) is 22.4 Å². The highest BCUT2D eigenvalue weighted by molar-refractivity contribution is 7.92. The van der Waals surface area contributed by atoms with E-state index in [2.05, 4.69) is 5.32 Å². The van der Waals surface area contributed by atoms with Crippen LogP contribution in [-0.2, 0) is 26.2 Å². The van der Waals surface area contributed by atoms with Gasteiger partial charge in [-0.1, -0.05) is 36.7 Å². The normalized spacial score (nSPS) is 12.7. The number of nitrogens with one attached hydrogen (secondary N) is 1. The summed E-state index contributed by atoms with van der Waals surface area (Å²) in [4.78, 5) is 28.2. The highest BCUT2D eigenvalue weighted by Gasteiger charge is 2.33. The first kappa shape index (κ1) is 31.9. The number of anilines is 1. The molecule has 3 aromatic rings. The van der Waals surface area contributed by atoms with Crippen molar-refractivity contribution in [1.29, 1.82) is 0 Å². The van der Waals surface area contributed by atoms with E-state index in [4.69, 9.17) is 16.3 Å². The van der Waals surface area contributed by atoms with E-state index in [1.165, 1.54) is 17.0 Å². The maximum absolute atomic E-state index is 14.0. The molecule has 0 aliphatic heterocycles. The molecule has 41 heavy (non-hydrogen) atoms. The summed E-state index contributed by atoms with van der Waals surface area (Å²) in [6.07, 6.45) is 0.693. The summed E-state index contributed by atoms with van der Waals surface area (Å²) in [7, 11) is -4.32. The fraction of sp³-hybridized carbons (Fsp3) is 0.333. The third-order valence-electron chi connectivity index (χ3n) is 6.58. The Morgan fingerprint density at radius 2 is 1.61 bits per heavy atom. The summed E-state index contributed by atoms with van der Waals surface area (Å²) < 4.78 is 47.7. The Balaban J connectivity index is 2.04. The first-order chi connectivity index (χ1) is 19.5. The van der Waals surface area contributed by atoms with Gasteiger partial charge in [-0.05, 0) is 87.4 Å². The summed E-state index contributed by atoms with van der Waals surface area (Å²) in [6.45, 7) is 6.96. The van der Waals surface area contributed by atoms with Crippen LogP contribution in [0, 0.1) is 5.82 Å². The second kappa shape index (κ2) is 14.3. The van der Waals surface area contributed by atoms with Gasteiger partial charge in [0.05, 0.1) is 17.2 Å². The van der Waals surface area contributed by atoms with Crippen molar-refractivity contribution in [1.82, 2.24) is 10.2 Å². The minimum atomic E-state index is -4.32. The monoisotopic (exact) mass is 603 g/mol. The topological polar surface area (TPSA) is 96.0 Å². The van der Waals surface area contributed by atoms with Crippen LogP contribution in [0.2, 0.25) is 5.02 Å². The van der Waals surface area contributed by atoms with Gasteiger partial charge in [0.25, 0.3) is 10.0 Å². The fourth-order valence-corrected chi connectivity index (χ4v) is 5.61. The lowest BCUT2D eigenvalue weighted by atomic mass is 10.1. The molecule has 8 nitrogen and oxygen atoms in total. The minimum Gasteiger partial charge on any atom is -0.494 e. The summed E-state index contributed by atoms with van der Waals surface area (Å²) in [5.41, 5.74) is 0.792. The van der Waals surface area contributed by atoms with Crippen LogP contribution in [0.5, 0.6) is 5.75 Å². The lowest BCUT2D eigenvalue weighted by Gasteiger charge is -2.32. The van der Waals surface area contributed by atoms with Crippen molar-refractivity contribution in [3.63, 3.8) is 0 Å². The van der Waals surface area contributed by atoms with Gasteiger partial charge in [-0.15, -0.1) is 0 Å². The molecule has 3 aromatic carbocycles. The average Bonchev–Trinajstić information content (AvgIpc) is 2.95. The van der Waals surface area contributed by atoms with Crippen LogP contribution in [0.3, 0.4) is 0 Å². The Morgan fingerprint density at radius 1 is 0.976 bits per heavy atom. The number of hydrogen-bond donors (Lipinski definition) is 1. The van der Waals surface area contributed by atoms with Crippen molar-refractivity contribution in [2.24, 2.45) is 0 Å². The average molecular weight is 604 g/mol. The number of rotatable bonds is 13. The lowest BCUT2D eigenvalue weighted by Crippen LogP contribution is -2.52. The van der Waals surface area contributed by atoms with Crippen molar-refractivity contribution in [2.45, 2.75) is 57.6 Å². The summed E-state index contributed by atoms with van der Waals surface area (Å²) in [6, 6.07) is 16.5. The zero-order valence-corrected chi connectivity index (χ0v) is 25.1. The van der Waals surface area contributed by atoms with Gasteiger partial charge in [0.2, 0.25) is 11.8 Å². The second-order valence-corrected chi connectivity index (χ2v) is 11.8. The van der Waals surface area contributed by atoms with Crippen LogP contribution in [-0.4, -0.2) is 50.4 Å². The SMILES string of the molecule is CCOc1ccc(N(CC(=O)N(Cc2ccccc2Cl)[C@@H](C)C(=O)N[C@H](C)CC)S(=O)(=O)c2ccc(F)cc2)cc1. The van der Waals surface area contributed by atoms with E-state index in [0.29, 0.717) is 29.4 Å². The van der Waals surface area contributed by atoms with E-state index in [1.807, 2.05) is 20.8 Å². The van der Waals surface area contributed by atoms with E-state index in [1.54, 1.807) is 43.3 Å². The minimum absolute atomic E-state index is 0.0265. The summed E-state index contributed by atoms with van der Waals surface area (Å²) >= 11 is 6.38. The predicted octanol–water partition coefficient (Wildman–Crippen LogP) is 5.41. The number of hydrogen-bond acceptors (Lipinski definition) is 5. The molecule has 0 aromatic heterocycles. The van der Waals surface area contributed by atoms with Crippen LogP contribution < -0.4 is 14.4 Å². The molecule has 0 heterocycles. The Bertz CT molecular complexity index is 1440. The smallest absolute Gasteiger partial charge is 0.264 e. The fourth-order valence-electron chi connectivity index (χ4n) is 4.00. The largest absolute Gasteiger partial charge is 0.494 e. The molecule has 0 aliphatic carbocycles. The molecule has 0 fully saturated rings. The zero-order valence-electron chi connectivity index (χ0n) is 23.5. The van der Waals surface area contributed by atoms with Crippen LogP contribution in [0.1, 0.15) is 39.7 Å². The van der Waals surface area contributed by atoms with Crippen LogP contribution >= 0.6 is 11.6 Å². The number of sulfonamides is 1. The molecule has 11 heteroatoms. The quantitative estimate of drug-likeness (QED) is 0.282. The van der Waals surface area contributed by atoms with Gasteiger partial charge in [0.15, 0.2) is 0 Å². The molecular formula is C30H35ClFN3O5S. The standard InChI is InChI=1S/C30H35ClFN3O5S/c1-5-21(3)33-30(37)22(4)34(19-23-9-7-8-10-28(23)31)29(36)20-35(25-13-15-26(16-14-25)40-6-2)41(38,39)27-17-11-24(32)12-18-27/h7-18,21-22H,5-6,19-20H2,1-4H3,(H,33,37)/t21-,22+/m1/s1. The highest BCUT2D eigenvalue weighted by Crippen LogP contribution is 2.27. The van der Waals surface area contributed by atoms with Gasteiger partial charge in [-0.25, -0.2) is 12.8 Å². The van der Waals surface area contributed by atoms with Crippen LogP contribution in [0.4, 0.5) is 10.1 Å². The van der Waals surface area contributed by atoms with Gasteiger partial charge in [0, 0.05) is 17.6 Å². The number of halogens is 2. The molecular weight excluding hydrogens is 569 g/mol. The molecule has 0 aliphatic rings. The van der Waals surface area contributed by atoms with Crippen molar-refractivity contribution in [3.05, 3.63) is 89.2 Å². The van der Waals surface area contributed by atoms with Gasteiger partial charge >= 0.3 is 0 Å². The van der Waals surface area contributed by atoms with Crippen LogP contribution in [0.15, 0.2) is 77.7 Å². The Kier molecular flexibility index (Phi) is 11.1. The summed E-state index contributed by atoms with van der Waals surface area (Å²) in [5, 5.41) is 3.29. The van der Waals surface area contributed by atoms with E-state index in [-0.39, 0.29) is 29.1 Å². The van der Waals surface area contributed by atoms with E-state index in [0.717, 1.165) is 28.6 Å². The lowest BCUT2D eigenvalue weighted by molar-refractivity contribution is -0.139. The number of amides is 2. The molecule has 0 unspecified atom stereocenters. The molecule has 1 N–H and O–H groups in total.